The van der Waals surface area contributed by atoms with Crippen LogP contribution in [0, 0.1) is 0 Å². The molecule has 0 spiro atoms. The molecule has 0 aliphatic carbocycles. The van der Waals surface area contributed by atoms with E-state index in [1.165, 1.54) is 0 Å². The van der Waals surface area contributed by atoms with Crippen LogP contribution in [0.25, 0.3) is 0 Å². The fraction of sp³-hybridized carbons (Fsp3) is 0.462. The molecular weight excluding hydrogens is 294 g/mol. The van der Waals surface area contributed by atoms with Crippen LogP contribution in [-0.4, -0.2) is 26.0 Å². The van der Waals surface area contributed by atoms with Gasteiger partial charge in [0.05, 0.1) is 6.54 Å². The zero-order chi connectivity index (χ0) is 13.5. The number of carbonyl (C=O) groups is 1. The van der Waals surface area contributed by atoms with E-state index >= 15 is 0 Å². The maximum absolute atomic E-state index is 11.7. The Morgan fingerprint density at radius 3 is 2.83 bits per heavy atom. The second kappa shape index (κ2) is 7.38. The van der Waals surface area contributed by atoms with Crippen LogP contribution in [-0.2, 0) is 11.3 Å². The molecule has 100 valence electrons. The summed E-state index contributed by atoms with van der Waals surface area (Å²) in [5.41, 5.74) is 7.74. The number of nitrogens with two attached hydrogens (primary N) is 1. The van der Waals surface area contributed by atoms with E-state index in [4.69, 9.17) is 5.73 Å². The lowest BCUT2D eigenvalue weighted by molar-refractivity contribution is -0.119. The van der Waals surface area contributed by atoms with Gasteiger partial charge in [-0.05, 0) is 30.2 Å². The SMILES string of the molecule is CCCNC(=O)CN(C)c1ccc(Br)cc1CN. The average molecular weight is 314 g/mol. The number of halogens is 1. The van der Waals surface area contributed by atoms with Crippen molar-refractivity contribution in [2.24, 2.45) is 5.73 Å². The lowest BCUT2D eigenvalue weighted by Gasteiger charge is -2.21. The molecule has 0 atom stereocenters. The molecule has 0 aliphatic heterocycles. The number of amides is 1. The third-order valence-electron chi connectivity index (χ3n) is 2.63. The van der Waals surface area contributed by atoms with Crippen LogP contribution in [0.5, 0.6) is 0 Å². The van der Waals surface area contributed by atoms with Gasteiger partial charge in [0.15, 0.2) is 0 Å². The highest BCUT2D eigenvalue weighted by Gasteiger charge is 2.10. The molecule has 18 heavy (non-hydrogen) atoms. The number of hydrogen-bond donors (Lipinski definition) is 2. The van der Waals surface area contributed by atoms with Gasteiger partial charge in [-0.15, -0.1) is 0 Å². The van der Waals surface area contributed by atoms with Gasteiger partial charge >= 0.3 is 0 Å². The van der Waals surface area contributed by atoms with Gasteiger partial charge in [0.25, 0.3) is 0 Å². The summed E-state index contributed by atoms with van der Waals surface area (Å²) in [5, 5.41) is 2.86. The lowest BCUT2D eigenvalue weighted by atomic mass is 10.1. The lowest BCUT2D eigenvalue weighted by Crippen LogP contribution is -2.35. The fourth-order valence-electron chi connectivity index (χ4n) is 1.71. The Bertz CT molecular complexity index is 409. The van der Waals surface area contributed by atoms with Crippen molar-refractivity contribution in [3.05, 3.63) is 28.2 Å². The van der Waals surface area contributed by atoms with Gasteiger partial charge in [-0.2, -0.15) is 0 Å². The van der Waals surface area contributed by atoms with Gasteiger partial charge in [-0.3, -0.25) is 4.79 Å². The van der Waals surface area contributed by atoms with Crippen molar-refractivity contribution in [3.63, 3.8) is 0 Å². The van der Waals surface area contributed by atoms with E-state index in [-0.39, 0.29) is 5.91 Å². The molecule has 0 aliphatic rings. The fourth-order valence-corrected chi connectivity index (χ4v) is 2.12. The standard InChI is InChI=1S/C13H20BrN3O/c1-3-6-16-13(18)9-17(2)12-5-4-11(14)7-10(12)8-15/h4-5,7H,3,6,8-9,15H2,1-2H3,(H,16,18). The van der Waals surface area contributed by atoms with Crippen molar-refractivity contribution in [3.8, 4) is 0 Å². The molecule has 1 aromatic rings. The van der Waals surface area contributed by atoms with E-state index < -0.39 is 0 Å². The topological polar surface area (TPSA) is 58.4 Å². The van der Waals surface area contributed by atoms with Crippen LogP contribution in [0.2, 0.25) is 0 Å². The normalized spacial score (nSPS) is 10.2. The van der Waals surface area contributed by atoms with Crippen LogP contribution in [0.3, 0.4) is 0 Å². The molecule has 1 aromatic carbocycles. The van der Waals surface area contributed by atoms with Crippen LogP contribution in [0.4, 0.5) is 5.69 Å². The molecule has 0 aromatic heterocycles. The number of nitrogens with one attached hydrogen (secondary N) is 1. The minimum absolute atomic E-state index is 0.0326. The first kappa shape index (κ1) is 15.0. The molecule has 0 unspecified atom stereocenters. The van der Waals surface area contributed by atoms with Crippen LogP contribution < -0.4 is 16.0 Å². The van der Waals surface area contributed by atoms with Crippen molar-refractivity contribution in [1.29, 1.82) is 0 Å². The monoisotopic (exact) mass is 313 g/mol. The Hall–Kier alpha value is -1.07. The van der Waals surface area contributed by atoms with Gasteiger partial charge in [0.1, 0.15) is 0 Å². The molecule has 0 saturated carbocycles. The second-order valence-corrected chi connectivity index (χ2v) is 5.10. The number of nitrogens with zero attached hydrogens (tertiary/aromatic N) is 1. The Labute approximate surface area is 117 Å². The summed E-state index contributed by atoms with van der Waals surface area (Å²) in [6.07, 6.45) is 0.946. The number of carbonyl (C=O) groups excluding carboxylic acids is 1. The van der Waals surface area contributed by atoms with Crippen molar-refractivity contribution in [1.82, 2.24) is 5.32 Å². The van der Waals surface area contributed by atoms with Crippen molar-refractivity contribution in [2.75, 3.05) is 25.0 Å². The summed E-state index contributed by atoms with van der Waals surface area (Å²) in [5.74, 6) is 0.0326. The van der Waals surface area contributed by atoms with Gasteiger partial charge < -0.3 is 16.0 Å². The highest BCUT2D eigenvalue weighted by molar-refractivity contribution is 9.10. The highest BCUT2D eigenvalue weighted by atomic mass is 79.9. The van der Waals surface area contributed by atoms with Gasteiger partial charge in [0, 0.05) is 30.3 Å². The molecule has 3 N–H and O–H groups in total. The first-order valence-corrected chi connectivity index (χ1v) is 6.84. The average Bonchev–Trinajstić information content (AvgIpc) is 2.35. The van der Waals surface area contributed by atoms with Crippen LogP contribution in [0.1, 0.15) is 18.9 Å². The van der Waals surface area contributed by atoms with Crippen LogP contribution >= 0.6 is 15.9 Å². The zero-order valence-electron chi connectivity index (χ0n) is 10.9. The highest BCUT2D eigenvalue weighted by Crippen LogP contribution is 2.23. The largest absolute Gasteiger partial charge is 0.365 e. The van der Waals surface area contributed by atoms with E-state index in [1.807, 2.05) is 37.1 Å². The summed E-state index contributed by atoms with van der Waals surface area (Å²) >= 11 is 3.42. The number of anilines is 1. The minimum Gasteiger partial charge on any atom is -0.365 e. The van der Waals surface area contributed by atoms with E-state index in [0.717, 1.165) is 28.7 Å². The summed E-state index contributed by atoms with van der Waals surface area (Å²) in [4.78, 5) is 13.6. The third-order valence-corrected chi connectivity index (χ3v) is 3.12. The number of rotatable bonds is 6. The summed E-state index contributed by atoms with van der Waals surface area (Å²) in [6, 6.07) is 5.91. The third kappa shape index (κ3) is 4.31. The van der Waals surface area contributed by atoms with Gasteiger partial charge in [-0.1, -0.05) is 22.9 Å². The molecule has 5 heteroatoms. The van der Waals surface area contributed by atoms with Gasteiger partial charge in [0.2, 0.25) is 5.91 Å². The molecule has 0 fully saturated rings. The maximum Gasteiger partial charge on any atom is 0.239 e. The molecule has 1 rings (SSSR count). The summed E-state index contributed by atoms with van der Waals surface area (Å²) in [7, 11) is 1.90. The quantitative estimate of drug-likeness (QED) is 0.843. The Morgan fingerprint density at radius 2 is 2.22 bits per heavy atom. The van der Waals surface area contributed by atoms with E-state index in [0.29, 0.717) is 13.1 Å². The predicted octanol–water partition coefficient (Wildman–Crippen LogP) is 1.87. The molecule has 1 amide bonds. The molecule has 0 bridgehead atoms. The molecule has 0 saturated heterocycles. The zero-order valence-corrected chi connectivity index (χ0v) is 12.5. The van der Waals surface area contributed by atoms with E-state index in [1.54, 1.807) is 0 Å². The summed E-state index contributed by atoms with van der Waals surface area (Å²) in [6.45, 7) is 3.55. The van der Waals surface area contributed by atoms with Crippen LogP contribution in [0.15, 0.2) is 22.7 Å². The summed E-state index contributed by atoms with van der Waals surface area (Å²) < 4.78 is 0.996. The molecular formula is C13H20BrN3O. The number of hydrogen-bond acceptors (Lipinski definition) is 3. The number of likely N-dealkylation sites (N-methyl/N-ethyl adjacent to an activating group) is 1. The van der Waals surface area contributed by atoms with Crippen molar-refractivity contribution >= 4 is 27.5 Å². The second-order valence-electron chi connectivity index (χ2n) is 4.18. The van der Waals surface area contributed by atoms with E-state index in [2.05, 4.69) is 21.2 Å². The van der Waals surface area contributed by atoms with E-state index in [9.17, 15) is 4.79 Å². The van der Waals surface area contributed by atoms with Gasteiger partial charge in [-0.25, -0.2) is 0 Å². The maximum atomic E-state index is 11.7. The number of benzene rings is 1. The van der Waals surface area contributed by atoms with Crippen molar-refractivity contribution < 1.29 is 4.79 Å². The molecule has 0 radical (unpaired) electrons. The Kier molecular flexibility index (Phi) is 6.15. The Morgan fingerprint density at radius 1 is 1.50 bits per heavy atom. The predicted molar refractivity (Wildman–Crippen MR) is 78.6 cm³/mol. The molecule has 4 nitrogen and oxygen atoms in total. The first-order valence-electron chi connectivity index (χ1n) is 6.04. The Balaban J connectivity index is 2.71. The minimum atomic E-state index is 0.0326. The molecule has 0 heterocycles. The smallest absolute Gasteiger partial charge is 0.239 e. The van der Waals surface area contributed by atoms with Crippen molar-refractivity contribution in [2.45, 2.75) is 19.9 Å². The first-order chi connectivity index (χ1) is 8.58.